The van der Waals surface area contributed by atoms with Crippen molar-refractivity contribution in [3.05, 3.63) is 179 Å². The molecule has 6 aromatic rings. The molecular weight excluding hydrogens is 1050 g/mol. The number of aromatic nitrogens is 6. The Bertz CT molecular complexity index is 1880. The van der Waals surface area contributed by atoms with E-state index in [1.165, 1.54) is 0 Å². The quantitative estimate of drug-likeness (QED) is 0.0966. The average molecular weight is 1120 g/mol. The second kappa shape index (κ2) is 43.7. The molecule has 2 N–H and O–H groups in total. The van der Waals surface area contributed by atoms with Crippen LogP contribution in [0.15, 0.2) is 122 Å². The maximum absolute atomic E-state index is 8.49. The Morgan fingerprint density at radius 1 is 0.371 bits per heavy atom. The summed E-state index contributed by atoms with van der Waals surface area (Å²) in [6, 6.07) is 36.9. The van der Waals surface area contributed by atoms with E-state index >= 15 is 0 Å². The molecule has 6 aromatic heterocycles. The fraction of sp³-hybridized carbons (Fsp3) is 0.348. The average Bonchev–Trinajstić information content (AvgIpc) is 3.30. The molecule has 6 heterocycles. The van der Waals surface area contributed by atoms with Crippen LogP contribution in [-0.4, -0.2) is 91.4 Å². The molecule has 20 nitrogen and oxygen atoms in total. The maximum Gasteiger partial charge on any atom is 2.00 e. The first-order valence-corrected chi connectivity index (χ1v) is 22.7. The first-order valence-electron chi connectivity index (χ1n) is 20.3. The summed E-state index contributed by atoms with van der Waals surface area (Å²) in [7, 11) is -6.39. The Kier molecular flexibility index (Phi) is 45.3. The van der Waals surface area contributed by atoms with Crippen molar-refractivity contribution in [2.75, 3.05) is 41.5 Å². The van der Waals surface area contributed by atoms with Gasteiger partial charge in [0.1, 0.15) is 0 Å². The van der Waals surface area contributed by atoms with Crippen LogP contribution in [0.5, 0.6) is 0 Å². The first kappa shape index (κ1) is 72.5. The van der Waals surface area contributed by atoms with Gasteiger partial charge in [0, 0.05) is 113 Å². The van der Waals surface area contributed by atoms with Crippen molar-refractivity contribution >= 4 is 0 Å². The number of halogens is 2. The van der Waals surface area contributed by atoms with E-state index in [2.05, 4.69) is 100 Å². The largest absolute Gasteiger partial charge is 2.00 e. The van der Waals surface area contributed by atoms with Crippen LogP contribution in [0.25, 0.3) is 0 Å². The van der Waals surface area contributed by atoms with E-state index in [1.54, 1.807) is 0 Å². The van der Waals surface area contributed by atoms with Crippen LogP contribution in [0.3, 0.4) is 0 Å². The van der Waals surface area contributed by atoms with Gasteiger partial charge in [-0.1, -0.05) is 36.4 Å². The molecule has 24 heteroatoms. The minimum absolute atomic E-state index is 0. The fourth-order valence-electron chi connectivity index (χ4n) is 5.73. The first-order chi connectivity index (χ1) is 32.4. The predicted molar refractivity (Wildman–Crippen MR) is 228 cm³/mol. The number of aryl methyl sites for hydroxylation is 4. The van der Waals surface area contributed by atoms with E-state index in [0.717, 1.165) is 137 Å². The zero-order chi connectivity index (χ0) is 52.0. The molecule has 6 rings (SSSR count). The Hall–Kier alpha value is -4.04. The molecule has 0 aromatic carbocycles. The van der Waals surface area contributed by atoms with Gasteiger partial charge in [-0.25, -0.2) is 37.3 Å². The molecule has 2 radical (unpaired) electrons. The Morgan fingerprint density at radius 2 is 0.586 bits per heavy atom. The maximum atomic E-state index is 8.49. The van der Waals surface area contributed by atoms with Gasteiger partial charge in [-0.2, -0.15) is 14.2 Å². The molecular formula is C46H62Cl2Cu2N8O12. The van der Waals surface area contributed by atoms with E-state index in [-0.39, 0.29) is 34.1 Å². The van der Waals surface area contributed by atoms with Gasteiger partial charge in [-0.3, -0.25) is 39.7 Å². The molecule has 0 fully saturated rings. The van der Waals surface area contributed by atoms with Gasteiger partial charge in [0.25, 0.3) is 0 Å². The summed E-state index contributed by atoms with van der Waals surface area (Å²) < 4.78 is 67.9. The summed E-state index contributed by atoms with van der Waals surface area (Å²) in [4.78, 5) is 32.2. The third kappa shape index (κ3) is 41.7. The minimum atomic E-state index is -4.94. The molecule has 0 bridgehead atoms. The second-order valence-electron chi connectivity index (χ2n) is 13.4. The normalized spacial score (nSPS) is 9.91. The van der Waals surface area contributed by atoms with Crippen LogP contribution in [0.4, 0.5) is 0 Å². The van der Waals surface area contributed by atoms with Crippen molar-refractivity contribution in [1.29, 1.82) is 0 Å². The fourth-order valence-corrected chi connectivity index (χ4v) is 5.73. The number of hydrogen-bond acceptors (Lipinski definition) is 20. The summed E-state index contributed by atoms with van der Waals surface area (Å²) in [5, 5.41) is 30.5. The van der Waals surface area contributed by atoms with Crippen molar-refractivity contribution in [1.82, 2.24) is 39.7 Å². The third-order valence-corrected chi connectivity index (χ3v) is 8.15. The number of aliphatic hydroxyl groups excluding tert-OH is 2. The Morgan fingerprint density at radius 3 is 0.771 bits per heavy atom. The van der Waals surface area contributed by atoms with Crippen LogP contribution in [0, 0.1) is 48.2 Å². The molecule has 0 spiro atoms. The van der Waals surface area contributed by atoms with Crippen LogP contribution >= 0.6 is 0 Å². The summed E-state index contributed by atoms with van der Waals surface area (Å²) >= 11 is 0. The molecule has 0 amide bonds. The molecule has 0 atom stereocenters. The second-order valence-corrected chi connectivity index (χ2v) is 14.9. The molecule has 70 heavy (non-hydrogen) atoms. The summed E-state index contributed by atoms with van der Waals surface area (Å²) in [6.45, 7) is 13.2. The molecule has 0 unspecified atom stereocenters. The van der Waals surface area contributed by atoms with E-state index in [1.807, 2.05) is 88.6 Å². The van der Waals surface area contributed by atoms with E-state index in [9.17, 15) is 0 Å². The van der Waals surface area contributed by atoms with Crippen molar-refractivity contribution in [3.63, 3.8) is 0 Å². The van der Waals surface area contributed by atoms with Crippen molar-refractivity contribution in [3.8, 4) is 0 Å². The minimum Gasteiger partial charge on any atom is -0.857 e. The molecule has 0 aliphatic carbocycles. The van der Waals surface area contributed by atoms with Crippen LogP contribution in [0.2, 0.25) is 0 Å². The van der Waals surface area contributed by atoms with Gasteiger partial charge in [-0.05, 0) is 100 Å². The molecule has 0 aliphatic rings. The smallest absolute Gasteiger partial charge is 0.857 e. The topological polar surface area (TPSA) is 355 Å². The van der Waals surface area contributed by atoms with E-state index < -0.39 is 20.5 Å². The van der Waals surface area contributed by atoms with Crippen LogP contribution in [0.1, 0.15) is 56.9 Å². The van der Waals surface area contributed by atoms with E-state index in [0.29, 0.717) is 0 Å². The zero-order valence-electron chi connectivity index (χ0n) is 40.1. The molecule has 0 aliphatic heterocycles. The molecule has 394 valence electrons. The predicted octanol–water partition coefficient (Wildman–Crippen LogP) is -4.88. The van der Waals surface area contributed by atoms with Crippen molar-refractivity contribution in [2.45, 2.75) is 66.7 Å². The van der Waals surface area contributed by atoms with Gasteiger partial charge in [0.2, 0.25) is 0 Å². The standard InChI is InChI=1S/2C21H24N4.2CH4O.2CH3O.2ClHO4.2Cu/c2*1-17-7-5-10-20(23-17)15-25(14-12-19-9-3-4-13-22-19)16-21-11-6-8-18(2)24-21;4*1-2;2*2-1(3,4)5;;/h2*3-11,13H,12,14-16H2,1-2H3;2*2H,1H3;2*1H3;2*(H,2,3,4,5);;/q;;;;2*-1;;;2*+2/p-2. The zero-order valence-corrected chi connectivity index (χ0v) is 43.5. The summed E-state index contributed by atoms with van der Waals surface area (Å²) in [5.74, 6) is 0. The number of rotatable bonds is 14. The Balaban J connectivity index is -0.000000456. The Labute approximate surface area is 436 Å². The van der Waals surface area contributed by atoms with Gasteiger partial charge in [0.15, 0.2) is 0 Å². The number of pyridine rings is 6. The molecule has 0 saturated heterocycles. The van der Waals surface area contributed by atoms with Gasteiger partial charge in [0.05, 0.1) is 22.8 Å². The third-order valence-electron chi connectivity index (χ3n) is 8.15. The van der Waals surface area contributed by atoms with Gasteiger partial charge >= 0.3 is 34.1 Å². The van der Waals surface area contributed by atoms with Crippen LogP contribution in [-0.2, 0) is 73.2 Å². The number of hydrogen-bond donors (Lipinski definition) is 2. The summed E-state index contributed by atoms with van der Waals surface area (Å²) in [5.41, 5.74) is 10.8. The number of nitrogens with zero attached hydrogens (tertiary/aromatic N) is 8. The molecule has 0 saturated carbocycles. The van der Waals surface area contributed by atoms with Crippen molar-refractivity contribution < 1.29 is 112 Å². The van der Waals surface area contributed by atoms with Gasteiger partial charge < -0.3 is 20.4 Å². The summed E-state index contributed by atoms with van der Waals surface area (Å²) in [6.07, 6.45) is 5.53. The van der Waals surface area contributed by atoms with Crippen LogP contribution < -0.4 is 47.5 Å². The number of aliphatic hydroxyl groups is 2. The van der Waals surface area contributed by atoms with E-state index in [4.69, 9.17) is 57.7 Å². The monoisotopic (exact) mass is 1110 g/mol. The SMILES string of the molecule is CO.CO.C[O-].C[O-].Cc1cccc(CN(CCc2ccccn2)Cc2cccc(C)n2)n1.Cc1cccc(CN(CCc2ccccn2)Cc2cccc(C)n2)n1.[Cu+2].[Cu+2].[O-][Cl+3]([O-])([O-])[O-].[O-][Cl+3]([O-])([O-])[O-]. The van der Waals surface area contributed by atoms with Gasteiger partial charge in [-0.15, -0.1) is 20.5 Å². The van der Waals surface area contributed by atoms with Crippen molar-refractivity contribution in [2.24, 2.45) is 0 Å².